The predicted octanol–water partition coefficient (Wildman–Crippen LogP) is 2.45. The molecule has 0 atom stereocenters. The van der Waals surface area contributed by atoms with Gasteiger partial charge in [-0.1, -0.05) is 0 Å². The van der Waals surface area contributed by atoms with E-state index in [1.165, 1.54) is 12.1 Å². The van der Waals surface area contributed by atoms with Gasteiger partial charge in [-0.3, -0.25) is 0 Å². The highest BCUT2D eigenvalue weighted by Gasteiger charge is 2.03. The molecule has 0 bridgehead atoms. The van der Waals surface area contributed by atoms with Crippen LogP contribution >= 0.6 is 0 Å². The Balaban J connectivity index is 2.58. The Labute approximate surface area is 75.3 Å². The number of benzene rings is 1. The van der Waals surface area contributed by atoms with Crippen LogP contribution in [0.25, 0.3) is 10.9 Å². The Morgan fingerprint density at radius 1 is 1.46 bits per heavy atom. The Bertz CT molecular complexity index is 422. The lowest BCUT2D eigenvalue weighted by atomic mass is 10.2. The molecule has 1 aromatic heterocycles. The minimum atomic E-state index is -0.218. The van der Waals surface area contributed by atoms with Gasteiger partial charge in [0.05, 0.1) is 6.61 Å². The average Bonchev–Trinajstić information content (AvgIpc) is 2.49. The molecule has 0 aliphatic heterocycles. The number of aromatic amines is 1. The molecule has 13 heavy (non-hydrogen) atoms. The van der Waals surface area contributed by atoms with E-state index in [-0.39, 0.29) is 5.82 Å². The first kappa shape index (κ1) is 8.26. The lowest BCUT2D eigenvalue weighted by molar-refractivity contribution is 0.186. The SMILES string of the molecule is COCc1c[nH]c2ccc(F)cc12. The van der Waals surface area contributed by atoms with Crippen LogP contribution in [0.2, 0.25) is 0 Å². The normalized spacial score (nSPS) is 10.9. The van der Waals surface area contributed by atoms with Crippen molar-refractivity contribution in [2.75, 3.05) is 7.11 Å². The number of aromatic nitrogens is 1. The van der Waals surface area contributed by atoms with Gasteiger partial charge < -0.3 is 9.72 Å². The summed E-state index contributed by atoms with van der Waals surface area (Å²) in [6.45, 7) is 0.503. The number of hydrogen-bond donors (Lipinski definition) is 1. The van der Waals surface area contributed by atoms with E-state index in [1.807, 2.05) is 6.20 Å². The maximum atomic E-state index is 12.9. The van der Waals surface area contributed by atoms with Gasteiger partial charge in [-0.25, -0.2) is 4.39 Å². The van der Waals surface area contributed by atoms with Gasteiger partial charge >= 0.3 is 0 Å². The number of halogens is 1. The minimum Gasteiger partial charge on any atom is -0.380 e. The molecule has 0 fully saturated rings. The summed E-state index contributed by atoms with van der Waals surface area (Å²) >= 11 is 0. The summed E-state index contributed by atoms with van der Waals surface area (Å²) in [5.41, 5.74) is 1.92. The number of methoxy groups -OCH3 is 1. The molecule has 0 saturated carbocycles. The van der Waals surface area contributed by atoms with Gasteiger partial charge in [-0.05, 0) is 18.2 Å². The molecule has 0 radical (unpaired) electrons. The maximum Gasteiger partial charge on any atom is 0.123 e. The molecule has 0 amide bonds. The Morgan fingerprint density at radius 3 is 3.08 bits per heavy atom. The Morgan fingerprint density at radius 2 is 2.31 bits per heavy atom. The highest BCUT2D eigenvalue weighted by Crippen LogP contribution is 2.19. The first-order valence-corrected chi connectivity index (χ1v) is 4.05. The first-order chi connectivity index (χ1) is 6.31. The zero-order valence-electron chi connectivity index (χ0n) is 7.30. The number of nitrogens with one attached hydrogen (secondary N) is 1. The molecule has 2 rings (SSSR count). The Kier molecular flexibility index (Phi) is 2.02. The Hall–Kier alpha value is -1.35. The summed E-state index contributed by atoms with van der Waals surface area (Å²) < 4.78 is 17.9. The van der Waals surface area contributed by atoms with Crippen molar-refractivity contribution in [2.24, 2.45) is 0 Å². The maximum absolute atomic E-state index is 12.9. The number of hydrogen-bond acceptors (Lipinski definition) is 1. The topological polar surface area (TPSA) is 25.0 Å². The summed E-state index contributed by atoms with van der Waals surface area (Å²) in [5.74, 6) is -0.218. The summed E-state index contributed by atoms with van der Waals surface area (Å²) in [7, 11) is 1.62. The molecule has 0 saturated heterocycles. The van der Waals surface area contributed by atoms with Crippen LogP contribution in [0.4, 0.5) is 4.39 Å². The second-order valence-electron chi connectivity index (χ2n) is 2.94. The smallest absolute Gasteiger partial charge is 0.123 e. The summed E-state index contributed by atoms with van der Waals surface area (Å²) in [4.78, 5) is 3.05. The van der Waals surface area contributed by atoms with E-state index < -0.39 is 0 Å². The van der Waals surface area contributed by atoms with Crippen LogP contribution in [0.15, 0.2) is 24.4 Å². The quantitative estimate of drug-likeness (QED) is 0.752. The summed E-state index contributed by atoms with van der Waals surface area (Å²) in [6, 6.07) is 4.68. The van der Waals surface area contributed by atoms with Crippen molar-refractivity contribution in [3.05, 3.63) is 35.8 Å². The molecular formula is C10H10FNO. The van der Waals surface area contributed by atoms with Crippen LogP contribution < -0.4 is 0 Å². The fraction of sp³-hybridized carbons (Fsp3) is 0.200. The van der Waals surface area contributed by atoms with Crippen LogP contribution in [0.1, 0.15) is 5.56 Å². The highest BCUT2D eigenvalue weighted by atomic mass is 19.1. The van der Waals surface area contributed by atoms with E-state index in [4.69, 9.17) is 4.74 Å². The molecule has 68 valence electrons. The minimum absolute atomic E-state index is 0.218. The third-order valence-electron chi connectivity index (χ3n) is 2.03. The molecule has 3 heteroatoms. The van der Waals surface area contributed by atoms with Crippen LogP contribution in [-0.4, -0.2) is 12.1 Å². The fourth-order valence-corrected chi connectivity index (χ4v) is 1.43. The molecule has 2 nitrogen and oxygen atoms in total. The average molecular weight is 179 g/mol. The predicted molar refractivity (Wildman–Crippen MR) is 49.0 cm³/mol. The molecule has 1 N–H and O–H groups in total. The standard InChI is InChI=1S/C10H10FNO/c1-13-6-7-5-12-10-3-2-8(11)4-9(7)10/h2-5,12H,6H2,1H3. The van der Waals surface area contributed by atoms with Crippen molar-refractivity contribution in [3.63, 3.8) is 0 Å². The number of ether oxygens (including phenoxy) is 1. The number of rotatable bonds is 2. The summed E-state index contributed by atoms with van der Waals surface area (Å²) in [5, 5.41) is 0.891. The van der Waals surface area contributed by atoms with E-state index >= 15 is 0 Å². The molecule has 0 spiro atoms. The van der Waals surface area contributed by atoms with E-state index in [1.54, 1.807) is 13.2 Å². The molecule has 1 heterocycles. The van der Waals surface area contributed by atoms with Crippen molar-refractivity contribution in [1.29, 1.82) is 0 Å². The van der Waals surface area contributed by atoms with Gasteiger partial charge in [0.25, 0.3) is 0 Å². The van der Waals surface area contributed by atoms with Gasteiger partial charge in [-0.2, -0.15) is 0 Å². The van der Waals surface area contributed by atoms with Gasteiger partial charge in [0.2, 0.25) is 0 Å². The molecule has 2 aromatic rings. The van der Waals surface area contributed by atoms with Crippen molar-refractivity contribution < 1.29 is 9.13 Å². The second kappa shape index (κ2) is 3.18. The molecular weight excluding hydrogens is 169 g/mol. The second-order valence-corrected chi connectivity index (χ2v) is 2.94. The van der Waals surface area contributed by atoms with E-state index in [9.17, 15) is 4.39 Å². The van der Waals surface area contributed by atoms with Gasteiger partial charge in [0.1, 0.15) is 5.82 Å². The van der Waals surface area contributed by atoms with Crippen molar-refractivity contribution in [2.45, 2.75) is 6.61 Å². The fourth-order valence-electron chi connectivity index (χ4n) is 1.43. The van der Waals surface area contributed by atoms with Crippen LogP contribution in [0, 0.1) is 5.82 Å². The number of fused-ring (bicyclic) bond motifs is 1. The van der Waals surface area contributed by atoms with E-state index in [0.29, 0.717) is 6.61 Å². The van der Waals surface area contributed by atoms with E-state index in [0.717, 1.165) is 16.5 Å². The van der Waals surface area contributed by atoms with Crippen molar-refractivity contribution in [3.8, 4) is 0 Å². The monoisotopic (exact) mass is 179 g/mol. The lowest BCUT2D eigenvalue weighted by Gasteiger charge is -1.96. The van der Waals surface area contributed by atoms with Gasteiger partial charge in [0, 0.05) is 29.8 Å². The largest absolute Gasteiger partial charge is 0.380 e. The highest BCUT2D eigenvalue weighted by molar-refractivity contribution is 5.83. The summed E-state index contributed by atoms with van der Waals surface area (Å²) in [6.07, 6.45) is 1.84. The molecule has 0 aliphatic carbocycles. The molecule has 0 aliphatic rings. The third-order valence-corrected chi connectivity index (χ3v) is 2.03. The molecule has 0 unspecified atom stereocenters. The third kappa shape index (κ3) is 1.42. The van der Waals surface area contributed by atoms with Gasteiger partial charge in [-0.15, -0.1) is 0 Å². The van der Waals surface area contributed by atoms with Crippen molar-refractivity contribution >= 4 is 10.9 Å². The lowest BCUT2D eigenvalue weighted by Crippen LogP contribution is -1.84. The van der Waals surface area contributed by atoms with Crippen LogP contribution in [0.3, 0.4) is 0 Å². The van der Waals surface area contributed by atoms with Gasteiger partial charge in [0.15, 0.2) is 0 Å². The van der Waals surface area contributed by atoms with E-state index in [2.05, 4.69) is 4.98 Å². The van der Waals surface area contributed by atoms with Crippen LogP contribution in [-0.2, 0) is 11.3 Å². The van der Waals surface area contributed by atoms with Crippen LogP contribution in [0.5, 0.6) is 0 Å². The first-order valence-electron chi connectivity index (χ1n) is 4.05. The van der Waals surface area contributed by atoms with Crippen molar-refractivity contribution in [1.82, 2.24) is 4.98 Å². The zero-order valence-corrected chi connectivity index (χ0v) is 7.30. The molecule has 1 aromatic carbocycles. The number of H-pyrrole nitrogens is 1. The zero-order chi connectivity index (χ0) is 9.26.